The zero-order valence-electron chi connectivity index (χ0n) is 10.4. The smallest absolute Gasteiger partial charge is 0.143 e. The Morgan fingerprint density at radius 3 is 2.88 bits per heavy atom. The van der Waals surface area contributed by atoms with Gasteiger partial charge in [-0.25, -0.2) is 0 Å². The van der Waals surface area contributed by atoms with Gasteiger partial charge in [0.15, 0.2) is 0 Å². The van der Waals surface area contributed by atoms with E-state index in [1.54, 1.807) is 14.0 Å². The summed E-state index contributed by atoms with van der Waals surface area (Å²) in [6, 6.07) is 0.534. The first-order chi connectivity index (χ1) is 7.74. The standard InChI is InChI=1S/C12H23NO3/c1-11(14)10-13-6-3-4-12(13)5-7-16-9-8-15-2/h12H,3-10H2,1-2H3/t12-/m0/s1. The summed E-state index contributed by atoms with van der Waals surface area (Å²) in [4.78, 5) is 13.4. The van der Waals surface area contributed by atoms with Gasteiger partial charge >= 0.3 is 0 Å². The van der Waals surface area contributed by atoms with Gasteiger partial charge in [-0.1, -0.05) is 0 Å². The van der Waals surface area contributed by atoms with Gasteiger partial charge in [0.2, 0.25) is 0 Å². The summed E-state index contributed by atoms with van der Waals surface area (Å²) in [5.41, 5.74) is 0. The Balaban J connectivity index is 2.12. The van der Waals surface area contributed by atoms with Crippen molar-refractivity contribution in [2.75, 3.05) is 40.0 Å². The van der Waals surface area contributed by atoms with E-state index in [2.05, 4.69) is 4.90 Å². The van der Waals surface area contributed by atoms with E-state index in [-0.39, 0.29) is 5.78 Å². The summed E-state index contributed by atoms with van der Waals surface area (Å²) >= 11 is 0. The molecule has 1 saturated heterocycles. The Labute approximate surface area is 97.9 Å². The van der Waals surface area contributed by atoms with E-state index in [4.69, 9.17) is 9.47 Å². The molecule has 0 aromatic rings. The number of Topliss-reactive ketones (excluding diaryl/α,β-unsaturated/α-hetero) is 1. The maximum absolute atomic E-state index is 11.1. The van der Waals surface area contributed by atoms with Crippen molar-refractivity contribution in [3.05, 3.63) is 0 Å². The third-order valence-corrected chi connectivity index (χ3v) is 2.95. The highest BCUT2D eigenvalue weighted by atomic mass is 16.5. The minimum atomic E-state index is 0.257. The van der Waals surface area contributed by atoms with Crippen LogP contribution in [0.5, 0.6) is 0 Å². The maximum Gasteiger partial charge on any atom is 0.143 e. The Bertz CT molecular complexity index is 208. The molecule has 16 heavy (non-hydrogen) atoms. The van der Waals surface area contributed by atoms with Crippen LogP contribution in [0.4, 0.5) is 0 Å². The van der Waals surface area contributed by atoms with Gasteiger partial charge in [0, 0.05) is 19.8 Å². The summed E-state index contributed by atoms with van der Waals surface area (Å²) in [5, 5.41) is 0. The highest BCUT2D eigenvalue weighted by molar-refractivity contribution is 5.77. The van der Waals surface area contributed by atoms with Crippen LogP contribution in [0.15, 0.2) is 0 Å². The summed E-state index contributed by atoms with van der Waals surface area (Å²) in [5.74, 6) is 0.257. The van der Waals surface area contributed by atoms with Crippen LogP contribution in [0.2, 0.25) is 0 Å². The zero-order chi connectivity index (χ0) is 11.8. The number of likely N-dealkylation sites (tertiary alicyclic amines) is 1. The Morgan fingerprint density at radius 2 is 2.19 bits per heavy atom. The number of nitrogens with zero attached hydrogens (tertiary/aromatic N) is 1. The lowest BCUT2D eigenvalue weighted by Crippen LogP contribution is -2.34. The first kappa shape index (κ1) is 13.6. The SMILES string of the molecule is COCCOCC[C@@H]1CCCN1CC(C)=O. The minimum absolute atomic E-state index is 0.257. The lowest BCUT2D eigenvalue weighted by atomic mass is 10.1. The van der Waals surface area contributed by atoms with Crippen LogP contribution >= 0.6 is 0 Å². The summed E-state index contributed by atoms with van der Waals surface area (Å²) in [7, 11) is 1.68. The van der Waals surface area contributed by atoms with Gasteiger partial charge in [0.05, 0.1) is 19.8 Å². The van der Waals surface area contributed by atoms with E-state index in [1.165, 1.54) is 12.8 Å². The number of ether oxygens (including phenoxy) is 2. The summed E-state index contributed by atoms with van der Waals surface area (Å²) in [6.45, 7) is 5.40. The molecule has 0 aromatic carbocycles. The third-order valence-electron chi connectivity index (χ3n) is 2.95. The van der Waals surface area contributed by atoms with Gasteiger partial charge in [-0.15, -0.1) is 0 Å². The van der Waals surface area contributed by atoms with Crippen LogP contribution in [-0.4, -0.2) is 56.7 Å². The van der Waals surface area contributed by atoms with E-state index < -0.39 is 0 Å². The highest BCUT2D eigenvalue weighted by Gasteiger charge is 2.24. The molecule has 94 valence electrons. The molecule has 1 heterocycles. The van der Waals surface area contributed by atoms with Gasteiger partial charge < -0.3 is 9.47 Å². The quantitative estimate of drug-likeness (QED) is 0.584. The first-order valence-corrected chi connectivity index (χ1v) is 6.04. The average molecular weight is 229 g/mol. The zero-order valence-corrected chi connectivity index (χ0v) is 10.4. The highest BCUT2D eigenvalue weighted by Crippen LogP contribution is 2.19. The van der Waals surface area contributed by atoms with Crippen molar-refractivity contribution >= 4 is 5.78 Å². The molecule has 0 amide bonds. The van der Waals surface area contributed by atoms with Crippen molar-refractivity contribution in [2.24, 2.45) is 0 Å². The molecule has 4 nitrogen and oxygen atoms in total. The van der Waals surface area contributed by atoms with E-state index in [0.29, 0.717) is 25.8 Å². The summed E-state index contributed by atoms with van der Waals surface area (Å²) < 4.78 is 10.4. The van der Waals surface area contributed by atoms with Crippen molar-refractivity contribution in [1.82, 2.24) is 4.90 Å². The molecule has 0 bridgehead atoms. The van der Waals surface area contributed by atoms with E-state index in [1.807, 2.05) is 0 Å². The molecule has 0 aliphatic carbocycles. The van der Waals surface area contributed by atoms with Gasteiger partial charge in [-0.2, -0.15) is 0 Å². The van der Waals surface area contributed by atoms with Gasteiger partial charge in [-0.3, -0.25) is 9.69 Å². The van der Waals surface area contributed by atoms with Crippen LogP contribution in [0.1, 0.15) is 26.2 Å². The van der Waals surface area contributed by atoms with E-state index in [0.717, 1.165) is 19.6 Å². The second-order valence-electron chi connectivity index (χ2n) is 4.36. The number of ketones is 1. The molecule has 0 N–H and O–H groups in total. The summed E-state index contributed by atoms with van der Waals surface area (Å²) in [6.07, 6.45) is 3.42. The van der Waals surface area contributed by atoms with Crippen molar-refractivity contribution < 1.29 is 14.3 Å². The number of hydrogen-bond acceptors (Lipinski definition) is 4. The first-order valence-electron chi connectivity index (χ1n) is 6.04. The van der Waals surface area contributed by atoms with Crippen LogP contribution in [-0.2, 0) is 14.3 Å². The van der Waals surface area contributed by atoms with E-state index in [9.17, 15) is 4.79 Å². The largest absolute Gasteiger partial charge is 0.382 e. The molecular formula is C12H23NO3. The van der Waals surface area contributed by atoms with Crippen LogP contribution in [0.25, 0.3) is 0 Å². The molecule has 1 aliphatic rings. The molecule has 4 heteroatoms. The molecule has 1 rings (SSSR count). The fourth-order valence-corrected chi connectivity index (χ4v) is 2.18. The van der Waals surface area contributed by atoms with Gasteiger partial charge in [-0.05, 0) is 32.7 Å². The molecule has 0 aromatic heterocycles. The number of rotatable bonds is 8. The van der Waals surface area contributed by atoms with Gasteiger partial charge in [0.1, 0.15) is 5.78 Å². The molecule has 0 unspecified atom stereocenters. The Morgan fingerprint density at radius 1 is 1.38 bits per heavy atom. The molecule has 1 aliphatic heterocycles. The van der Waals surface area contributed by atoms with Crippen LogP contribution in [0.3, 0.4) is 0 Å². The predicted molar refractivity (Wildman–Crippen MR) is 62.6 cm³/mol. The second-order valence-corrected chi connectivity index (χ2v) is 4.36. The molecule has 0 saturated carbocycles. The van der Waals surface area contributed by atoms with Crippen molar-refractivity contribution in [1.29, 1.82) is 0 Å². The van der Waals surface area contributed by atoms with Crippen LogP contribution in [0, 0.1) is 0 Å². The van der Waals surface area contributed by atoms with Crippen LogP contribution < -0.4 is 0 Å². The third kappa shape index (κ3) is 5.05. The fourth-order valence-electron chi connectivity index (χ4n) is 2.18. The molecule has 1 fully saturated rings. The lowest BCUT2D eigenvalue weighted by Gasteiger charge is -2.22. The normalized spacial score (nSPS) is 21.5. The molecule has 0 radical (unpaired) electrons. The average Bonchev–Trinajstić information content (AvgIpc) is 2.64. The Kier molecular flexibility index (Phi) is 6.61. The number of hydrogen-bond donors (Lipinski definition) is 0. The number of carbonyl (C=O) groups excluding carboxylic acids is 1. The van der Waals surface area contributed by atoms with E-state index >= 15 is 0 Å². The van der Waals surface area contributed by atoms with Gasteiger partial charge in [0.25, 0.3) is 0 Å². The predicted octanol–water partition coefficient (Wildman–Crippen LogP) is 1.09. The maximum atomic E-state index is 11.1. The monoisotopic (exact) mass is 229 g/mol. The van der Waals surface area contributed by atoms with Crippen molar-refractivity contribution in [2.45, 2.75) is 32.2 Å². The topological polar surface area (TPSA) is 38.8 Å². The van der Waals surface area contributed by atoms with Crippen molar-refractivity contribution in [3.8, 4) is 0 Å². The molecule has 0 spiro atoms. The molecule has 1 atom stereocenters. The Hall–Kier alpha value is -0.450. The fraction of sp³-hybridized carbons (Fsp3) is 0.917. The second kappa shape index (κ2) is 7.76. The number of carbonyl (C=O) groups is 1. The minimum Gasteiger partial charge on any atom is -0.382 e. The molecular weight excluding hydrogens is 206 g/mol. The number of methoxy groups -OCH3 is 1. The lowest BCUT2D eigenvalue weighted by molar-refractivity contribution is -0.118. The van der Waals surface area contributed by atoms with Crippen molar-refractivity contribution in [3.63, 3.8) is 0 Å².